The molecule has 0 aliphatic heterocycles. The summed E-state index contributed by atoms with van der Waals surface area (Å²) in [6, 6.07) is 6.90. The van der Waals surface area contributed by atoms with Crippen molar-refractivity contribution in [3.63, 3.8) is 0 Å². The van der Waals surface area contributed by atoms with Crippen LogP contribution >= 0.6 is 22.7 Å². The molecule has 0 unspecified atom stereocenters. The smallest absolute Gasteiger partial charge is 0.305 e. The number of ketones is 1. The van der Waals surface area contributed by atoms with Gasteiger partial charge in [-0.1, -0.05) is 11.8 Å². The van der Waals surface area contributed by atoms with Gasteiger partial charge >= 0.3 is 11.9 Å². The van der Waals surface area contributed by atoms with Gasteiger partial charge in [-0.25, -0.2) is 18.4 Å². The van der Waals surface area contributed by atoms with Gasteiger partial charge in [-0.15, -0.1) is 22.7 Å². The van der Waals surface area contributed by atoms with Gasteiger partial charge in [-0.05, 0) is 62.2 Å². The van der Waals surface area contributed by atoms with Gasteiger partial charge in [0.25, 0.3) is 5.91 Å². The zero-order valence-corrected chi connectivity index (χ0v) is 44.8. The zero-order valence-electron chi connectivity index (χ0n) is 42.3. The first-order valence-electron chi connectivity index (χ1n) is 23.5. The highest BCUT2D eigenvalue weighted by Crippen LogP contribution is 2.39. The molecule has 5 amide bonds. The summed E-state index contributed by atoms with van der Waals surface area (Å²) >= 11 is 2.37. The maximum Gasteiger partial charge on any atom is 0.305 e. The van der Waals surface area contributed by atoms with Crippen molar-refractivity contribution < 1.29 is 75.9 Å². The molecule has 0 aliphatic rings. The highest BCUT2D eigenvalue weighted by atomic mass is 32.2. The Morgan fingerprint density at radius 2 is 1.22 bits per heavy atom. The summed E-state index contributed by atoms with van der Waals surface area (Å²) < 4.78 is 48.1. The third-order valence-corrected chi connectivity index (χ3v) is 14.0. The maximum atomic E-state index is 13.1. The van der Waals surface area contributed by atoms with Crippen molar-refractivity contribution in [2.45, 2.75) is 89.0 Å². The number of unbranched alkanes of at least 4 members (excludes halogenated alkanes) is 1. The third-order valence-electron chi connectivity index (χ3n) is 10.9. The van der Waals surface area contributed by atoms with Crippen molar-refractivity contribution in [2.24, 2.45) is 0 Å². The van der Waals surface area contributed by atoms with Crippen LogP contribution in [0.5, 0.6) is 23.0 Å². The number of Topliss-reactive ketones (excluding diaryl/α,β-unsaturated/α-hetero) is 1. The van der Waals surface area contributed by atoms with E-state index in [1.54, 1.807) is 36.4 Å². The number of hydrogen-bond acceptors (Lipinski definition) is 18. The Kier molecular flexibility index (Phi) is 21.4. The van der Waals surface area contributed by atoms with E-state index < -0.39 is 63.5 Å². The van der Waals surface area contributed by atoms with Crippen LogP contribution in [0.25, 0.3) is 20.2 Å². The fraction of sp³-hybridized carbons (Fsp3) is 0.400. The lowest BCUT2D eigenvalue weighted by Crippen LogP contribution is -2.54. The molecular weight excluding hydrogens is 1050 g/mol. The number of amides is 5. The molecule has 0 saturated heterocycles. The Bertz CT molecular complexity index is 3150. The van der Waals surface area contributed by atoms with Crippen molar-refractivity contribution in [3.05, 3.63) is 64.1 Å². The molecule has 0 fully saturated rings. The number of carbonyl (C=O) groups excluding carboxylic acids is 6. The average Bonchev–Trinajstić information content (AvgIpc) is 4.00. The van der Waals surface area contributed by atoms with Crippen LogP contribution in [0.1, 0.15) is 90.6 Å². The van der Waals surface area contributed by atoms with Crippen molar-refractivity contribution >= 4 is 99.9 Å². The number of carboxylic acid groups (broad SMARTS) is 2. The molecule has 3 atom stereocenters. The minimum atomic E-state index is -3.54. The Hall–Kier alpha value is -7.89. The van der Waals surface area contributed by atoms with Crippen LogP contribution < -0.4 is 40.2 Å². The molecule has 2 aromatic carbocycles. The van der Waals surface area contributed by atoms with E-state index in [0.29, 0.717) is 56.2 Å². The van der Waals surface area contributed by atoms with Crippen molar-refractivity contribution in [1.29, 1.82) is 0 Å². The highest BCUT2D eigenvalue weighted by molar-refractivity contribution is 7.90. The number of ether oxygens (including phenoxy) is 4. The topological polar surface area (TPSA) is 325 Å². The second kappa shape index (κ2) is 27.6. The number of sulfone groups is 1. The Labute approximate surface area is 444 Å². The summed E-state index contributed by atoms with van der Waals surface area (Å²) in [5, 5.41) is 29.3. The molecule has 406 valence electrons. The summed E-state index contributed by atoms with van der Waals surface area (Å²) in [6.45, 7) is 4.22. The molecule has 3 aromatic heterocycles. The standard InChI is InChI=1S/C50H57N7O16S3/c1-28(55-48(66)30(3)56-47(65)29(2)54-43(59)12-9-7-8-11-31-25-51-50(52-26-31)76(6,68)69)46(64)53-27-73-38-24-40-32(21-41(74-40)34(58)13-14-44(60)61)20-37(38)72-18-10-17-71-36-19-33-22-42(75-39(33)23-35(36)70-5)49(67)57(4)16-15-45(62)63/h19-26,28-30H,7,9-10,12-18,27H2,1-6H3,(H,53,64)(H,54,59)(H,55,66)(H,56,65)(H,60,61)(H,62,63)/t28-,29-,30-/m0/s1. The molecule has 76 heavy (non-hydrogen) atoms. The Balaban J connectivity index is 1.11. The number of fused-ring (bicyclic) bond motifs is 2. The summed E-state index contributed by atoms with van der Waals surface area (Å²) in [5.41, 5.74) is 0.402. The van der Waals surface area contributed by atoms with Crippen LogP contribution in [0.2, 0.25) is 0 Å². The summed E-state index contributed by atoms with van der Waals surface area (Å²) in [4.78, 5) is 109. The molecule has 26 heteroatoms. The first kappa shape index (κ1) is 59.0. The van der Waals surface area contributed by atoms with E-state index in [2.05, 4.69) is 43.1 Å². The lowest BCUT2D eigenvalue weighted by atomic mass is 10.1. The fourth-order valence-corrected chi connectivity index (χ4v) is 9.35. The zero-order chi connectivity index (χ0) is 55.7. The van der Waals surface area contributed by atoms with Gasteiger partial charge in [0.2, 0.25) is 38.6 Å². The number of nitrogens with one attached hydrogen (secondary N) is 4. The van der Waals surface area contributed by atoms with Gasteiger partial charge in [-0.2, -0.15) is 0 Å². The molecule has 0 radical (unpaired) electrons. The third kappa shape index (κ3) is 17.6. The van der Waals surface area contributed by atoms with Crippen molar-refractivity contribution in [1.82, 2.24) is 36.1 Å². The molecule has 3 heterocycles. The highest BCUT2D eigenvalue weighted by Gasteiger charge is 2.25. The van der Waals surface area contributed by atoms with Gasteiger partial charge < -0.3 is 55.3 Å². The number of nitrogens with zero attached hydrogens (tertiary/aromatic N) is 3. The van der Waals surface area contributed by atoms with Crippen LogP contribution in [0.15, 0.2) is 53.9 Å². The predicted octanol–water partition coefficient (Wildman–Crippen LogP) is 3.95. The van der Waals surface area contributed by atoms with E-state index in [9.17, 15) is 46.8 Å². The molecule has 5 rings (SSSR count). The molecule has 23 nitrogen and oxygen atoms in total. The Morgan fingerprint density at radius 3 is 1.82 bits per heavy atom. The van der Waals surface area contributed by atoms with Crippen LogP contribution in [0, 0.1) is 11.8 Å². The largest absolute Gasteiger partial charge is 0.493 e. The van der Waals surface area contributed by atoms with E-state index in [1.807, 2.05) is 0 Å². The van der Waals surface area contributed by atoms with Gasteiger partial charge in [-0.3, -0.25) is 38.4 Å². The lowest BCUT2D eigenvalue weighted by molar-refractivity contribution is -0.138. The second-order valence-corrected chi connectivity index (χ2v) is 21.2. The molecule has 0 spiro atoms. The summed E-state index contributed by atoms with van der Waals surface area (Å²) in [6.07, 6.45) is 3.93. The molecule has 0 bridgehead atoms. The van der Waals surface area contributed by atoms with E-state index in [0.717, 1.165) is 27.7 Å². The number of benzene rings is 2. The number of hydrogen-bond donors (Lipinski definition) is 6. The predicted molar refractivity (Wildman–Crippen MR) is 279 cm³/mol. The number of aliphatic carboxylic acids is 2. The van der Waals surface area contributed by atoms with Crippen LogP contribution in [0.4, 0.5) is 0 Å². The SMILES string of the molecule is COc1cc2sc(C(=O)N(C)CCC(=O)O)cc2cc1OCCCOc1cc2cc(C(=O)CCC(=O)O)sc2cc1OCNC(=O)[C@H](C)NC(=O)[C@H](C)NC(=O)[C@H](C)NC(=O)CCCC#Cc1cnc(S(C)(=O)=O)nc1. The van der Waals surface area contributed by atoms with Crippen LogP contribution in [0.3, 0.4) is 0 Å². The lowest BCUT2D eigenvalue weighted by Gasteiger charge is -2.20. The number of aromatic nitrogens is 2. The monoisotopic (exact) mass is 1110 g/mol. The number of thiophene rings is 2. The Morgan fingerprint density at radius 1 is 0.684 bits per heavy atom. The minimum Gasteiger partial charge on any atom is -0.493 e. The van der Waals surface area contributed by atoms with E-state index in [-0.39, 0.29) is 80.5 Å². The number of carbonyl (C=O) groups is 8. The van der Waals surface area contributed by atoms with Gasteiger partial charge in [0.1, 0.15) is 18.1 Å². The molecule has 6 N–H and O–H groups in total. The van der Waals surface area contributed by atoms with E-state index in [1.165, 1.54) is 63.6 Å². The molecule has 0 aliphatic carbocycles. The molecular formula is C50H57N7O16S3. The van der Waals surface area contributed by atoms with Crippen molar-refractivity contribution in [2.75, 3.05) is 46.9 Å². The number of carboxylic acids is 2. The number of methoxy groups -OCH3 is 1. The molecule has 5 aromatic rings. The van der Waals surface area contributed by atoms with Gasteiger partial charge in [0, 0.05) is 79.5 Å². The quantitative estimate of drug-likeness (QED) is 0.0136. The minimum absolute atomic E-state index is 0.0489. The fourth-order valence-electron chi connectivity index (χ4n) is 6.75. The second-order valence-electron chi connectivity index (χ2n) is 17.1. The number of rotatable bonds is 28. The van der Waals surface area contributed by atoms with Gasteiger partial charge in [0.05, 0.1) is 48.5 Å². The summed E-state index contributed by atoms with van der Waals surface area (Å²) in [7, 11) is -0.522. The van der Waals surface area contributed by atoms with Crippen LogP contribution in [-0.2, 0) is 38.6 Å². The van der Waals surface area contributed by atoms with E-state index in [4.69, 9.17) is 29.2 Å². The van der Waals surface area contributed by atoms with E-state index >= 15 is 0 Å². The van der Waals surface area contributed by atoms with Crippen LogP contribution in [-0.4, -0.2) is 146 Å². The first-order valence-corrected chi connectivity index (χ1v) is 27.0. The molecule has 0 saturated carbocycles. The average molecular weight is 1110 g/mol. The van der Waals surface area contributed by atoms with Gasteiger partial charge in [0.15, 0.2) is 35.5 Å². The first-order chi connectivity index (χ1) is 36.0. The maximum absolute atomic E-state index is 13.1. The normalized spacial score (nSPS) is 12.2. The summed E-state index contributed by atoms with van der Waals surface area (Å²) in [5.74, 6) is 1.74. The van der Waals surface area contributed by atoms with Crippen molar-refractivity contribution in [3.8, 4) is 34.8 Å².